The summed E-state index contributed by atoms with van der Waals surface area (Å²) in [6.45, 7) is 2.13. The number of rotatable bonds is 3. The van der Waals surface area contributed by atoms with Crippen molar-refractivity contribution in [2.24, 2.45) is 0 Å². The molecule has 0 spiro atoms. The first kappa shape index (κ1) is 11.1. The molecule has 5 heteroatoms. The van der Waals surface area contributed by atoms with Crippen molar-refractivity contribution in [3.05, 3.63) is 41.5 Å². The highest BCUT2D eigenvalue weighted by Crippen LogP contribution is 2.24. The number of aromatic nitrogens is 3. The molecule has 0 fully saturated rings. The van der Waals surface area contributed by atoms with E-state index in [1.54, 1.807) is 11.7 Å². The largest absolute Gasteiger partial charge is 0.333 e. The second-order valence-corrected chi connectivity index (χ2v) is 4.73. The van der Waals surface area contributed by atoms with Crippen LogP contribution in [-0.4, -0.2) is 15.1 Å². The Balaban J connectivity index is 1.92. The van der Waals surface area contributed by atoms with Crippen molar-refractivity contribution in [2.75, 3.05) is 0 Å². The summed E-state index contributed by atoms with van der Waals surface area (Å²) in [6.07, 6.45) is 2.75. The van der Waals surface area contributed by atoms with E-state index in [0.29, 0.717) is 11.7 Å². The lowest BCUT2D eigenvalue weighted by Crippen LogP contribution is -1.83. The van der Waals surface area contributed by atoms with Crippen molar-refractivity contribution in [3.8, 4) is 22.2 Å². The molecule has 0 aliphatic rings. The van der Waals surface area contributed by atoms with Gasteiger partial charge in [0, 0.05) is 5.56 Å². The van der Waals surface area contributed by atoms with Crippen LogP contribution in [0.2, 0.25) is 0 Å². The molecule has 0 unspecified atom stereocenters. The Morgan fingerprint density at radius 2 is 2.06 bits per heavy atom. The monoisotopic (exact) mass is 257 g/mol. The first-order chi connectivity index (χ1) is 8.86. The van der Waals surface area contributed by atoms with Crippen molar-refractivity contribution in [3.63, 3.8) is 0 Å². The molecule has 0 saturated carbocycles. The molecule has 3 aromatic rings. The van der Waals surface area contributed by atoms with Gasteiger partial charge in [-0.3, -0.25) is 4.98 Å². The molecule has 3 rings (SSSR count). The smallest absolute Gasteiger partial charge is 0.269 e. The summed E-state index contributed by atoms with van der Waals surface area (Å²) in [5, 5.41) is 3.99. The van der Waals surface area contributed by atoms with Gasteiger partial charge in [0.2, 0.25) is 5.82 Å². The minimum atomic E-state index is 0.520. The minimum absolute atomic E-state index is 0.520. The fourth-order valence-electron chi connectivity index (χ4n) is 1.65. The van der Waals surface area contributed by atoms with Gasteiger partial charge >= 0.3 is 0 Å². The Hall–Kier alpha value is -2.01. The second-order valence-electron chi connectivity index (χ2n) is 3.84. The van der Waals surface area contributed by atoms with E-state index in [-0.39, 0.29) is 0 Å². The fourth-order valence-corrected chi connectivity index (χ4v) is 2.19. The fraction of sp³-hybridized carbons (Fsp3) is 0.154. The summed E-state index contributed by atoms with van der Waals surface area (Å²) in [4.78, 5) is 9.25. The average molecular weight is 257 g/mol. The van der Waals surface area contributed by atoms with E-state index >= 15 is 0 Å². The zero-order valence-electron chi connectivity index (χ0n) is 9.83. The summed E-state index contributed by atoms with van der Waals surface area (Å²) < 4.78 is 5.23. The number of hydrogen-bond acceptors (Lipinski definition) is 5. The maximum Gasteiger partial charge on any atom is 0.269 e. The van der Waals surface area contributed by atoms with E-state index in [1.165, 1.54) is 16.9 Å². The number of aryl methyl sites for hydroxylation is 1. The van der Waals surface area contributed by atoms with Gasteiger partial charge in [-0.25, -0.2) is 0 Å². The highest BCUT2D eigenvalue weighted by atomic mass is 32.1. The molecule has 1 aromatic carbocycles. The third-order valence-corrected chi connectivity index (χ3v) is 3.45. The highest BCUT2D eigenvalue weighted by Gasteiger charge is 2.11. The zero-order valence-corrected chi connectivity index (χ0v) is 10.6. The summed E-state index contributed by atoms with van der Waals surface area (Å²) in [7, 11) is 0. The molecule has 0 amide bonds. The van der Waals surface area contributed by atoms with E-state index in [1.807, 2.05) is 12.1 Å². The van der Waals surface area contributed by atoms with Crippen LogP contribution in [0.15, 0.2) is 40.5 Å². The third kappa shape index (κ3) is 2.04. The average Bonchev–Trinajstić information content (AvgIpc) is 3.09. The van der Waals surface area contributed by atoms with E-state index in [2.05, 4.69) is 34.2 Å². The van der Waals surface area contributed by atoms with Crippen LogP contribution in [0.4, 0.5) is 0 Å². The van der Waals surface area contributed by atoms with Gasteiger partial charge < -0.3 is 4.52 Å². The third-order valence-electron chi connectivity index (χ3n) is 2.69. The summed E-state index contributed by atoms with van der Waals surface area (Å²) in [5.74, 6) is 1.13. The van der Waals surface area contributed by atoms with E-state index in [9.17, 15) is 0 Å². The summed E-state index contributed by atoms with van der Waals surface area (Å²) >= 11 is 1.48. The maximum absolute atomic E-state index is 5.23. The van der Waals surface area contributed by atoms with Crippen LogP contribution in [-0.2, 0) is 6.42 Å². The Morgan fingerprint density at radius 1 is 1.22 bits per heavy atom. The van der Waals surface area contributed by atoms with Crippen LogP contribution in [0.5, 0.6) is 0 Å². The van der Waals surface area contributed by atoms with Gasteiger partial charge in [0.15, 0.2) is 0 Å². The van der Waals surface area contributed by atoms with E-state index in [0.717, 1.165) is 16.9 Å². The molecule has 0 radical (unpaired) electrons. The Kier molecular flexibility index (Phi) is 2.90. The van der Waals surface area contributed by atoms with Crippen LogP contribution in [0.3, 0.4) is 0 Å². The van der Waals surface area contributed by atoms with Crippen molar-refractivity contribution in [1.29, 1.82) is 0 Å². The first-order valence-corrected chi connectivity index (χ1v) is 6.56. The van der Waals surface area contributed by atoms with Crippen LogP contribution < -0.4 is 0 Å². The van der Waals surface area contributed by atoms with Gasteiger partial charge in [-0.15, -0.1) is 11.3 Å². The van der Waals surface area contributed by atoms with Gasteiger partial charge in [-0.05, 0) is 12.0 Å². The molecule has 2 heterocycles. The normalized spacial score (nSPS) is 10.7. The standard InChI is InChI=1S/C13H11N3OS/c1-2-9-3-5-10(6-4-9)12-15-13(17-16-12)11-7-14-8-18-11/h3-8H,2H2,1H3. The van der Waals surface area contributed by atoms with Crippen molar-refractivity contribution in [1.82, 2.24) is 15.1 Å². The lowest BCUT2D eigenvalue weighted by molar-refractivity contribution is 0.433. The molecule has 18 heavy (non-hydrogen) atoms. The van der Waals surface area contributed by atoms with Crippen molar-refractivity contribution >= 4 is 11.3 Å². The van der Waals surface area contributed by atoms with E-state index in [4.69, 9.17) is 4.52 Å². The van der Waals surface area contributed by atoms with Gasteiger partial charge in [-0.2, -0.15) is 4.98 Å². The highest BCUT2D eigenvalue weighted by molar-refractivity contribution is 7.13. The lowest BCUT2D eigenvalue weighted by Gasteiger charge is -1.97. The molecule has 0 aliphatic heterocycles. The minimum Gasteiger partial charge on any atom is -0.333 e. The van der Waals surface area contributed by atoms with Crippen LogP contribution >= 0.6 is 11.3 Å². The number of hydrogen-bond donors (Lipinski definition) is 0. The van der Waals surface area contributed by atoms with Gasteiger partial charge in [-0.1, -0.05) is 36.3 Å². The molecule has 0 atom stereocenters. The summed E-state index contributed by atoms with van der Waals surface area (Å²) in [5.41, 5.74) is 4.01. The predicted molar refractivity (Wildman–Crippen MR) is 70.2 cm³/mol. The van der Waals surface area contributed by atoms with Gasteiger partial charge in [0.05, 0.1) is 11.7 Å². The second kappa shape index (κ2) is 4.70. The Bertz CT molecular complexity index is 629. The Morgan fingerprint density at radius 3 is 2.72 bits per heavy atom. The predicted octanol–water partition coefficient (Wildman–Crippen LogP) is 3.42. The molecule has 0 bridgehead atoms. The van der Waals surface area contributed by atoms with Crippen LogP contribution in [0.25, 0.3) is 22.2 Å². The van der Waals surface area contributed by atoms with E-state index < -0.39 is 0 Å². The van der Waals surface area contributed by atoms with Gasteiger partial charge in [0.1, 0.15) is 4.88 Å². The number of nitrogens with zero attached hydrogens (tertiary/aromatic N) is 3. The van der Waals surface area contributed by atoms with Crippen LogP contribution in [0.1, 0.15) is 12.5 Å². The Labute approximate surface area is 108 Å². The molecule has 4 nitrogen and oxygen atoms in total. The molecule has 2 aromatic heterocycles. The zero-order chi connectivity index (χ0) is 12.4. The SMILES string of the molecule is CCc1ccc(-c2noc(-c3cncs3)n2)cc1. The maximum atomic E-state index is 5.23. The molecule has 90 valence electrons. The van der Waals surface area contributed by atoms with Gasteiger partial charge in [0.25, 0.3) is 5.89 Å². The molecular formula is C13H11N3OS. The quantitative estimate of drug-likeness (QED) is 0.721. The molecule has 0 saturated heterocycles. The topological polar surface area (TPSA) is 51.8 Å². The van der Waals surface area contributed by atoms with Crippen LogP contribution in [0, 0.1) is 0 Å². The molecule has 0 aliphatic carbocycles. The lowest BCUT2D eigenvalue weighted by atomic mass is 10.1. The first-order valence-electron chi connectivity index (χ1n) is 5.68. The number of thiazole rings is 1. The summed E-state index contributed by atoms with van der Waals surface area (Å²) in [6, 6.07) is 8.19. The molecular weight excluding hydrogens is 246 g/mol. The van der Waals surface area contributed by atoms with Crippen molar-refractivity contribution in [2.45, 2.75) is 13.3 Å². The number of benzene rings is 1. The van der Waals surface area contributed by atoms with Crippen molar-refractivity contribution < 1.29 is 4.52 Å². The molecule has 0 N–H and O–H groups in total.